The SMILES string of the molecule is O=C(N[C@@H](CNC(=O)c1ccc(CN(Cc2nc3ccccc3[nH]2)C(=O)Nc2ccccc2)cc1)C(=O)O)OCc1ccccc1. The molecule has 0 saturated carbocycles. The summed E-state index contributed by atoms with van der Waals surface area (Å²) in [7, 11) is 0. The highest BCUT2D eigenvalue weighted by atomic mass is 16.5. The molecule has 4 aromatic carbocycles. The van der Waals surface area contributed by atoms with Gasteiger partial charge in [0.05, 0.1) is 17.6 Å². The number of aromatic nitrogens is 2. The van der Waals surface area contributed by atoms with Crippen LogP contribution in [0.2, 0.25) is 0 Å². The lowest BCUT2D eigenvalue weighted by Gasteiger charge is -2.22. The normalized spacial score (nSPS) is 11.3. The average molecular weight is 621 g/mol. The number of aromatic amines is 1. The molecule has 5 N–H and O–H groups in total. The third-order valence-electron chi connectivity index (χ3n) is 6.95. The smallest absolute Gasteiger partial charge is 0.408 e. The highest BCUT2D eigenvalue weighted by Gasteiger charge is 2.22. The maximum Gasteiger partial charge on any atom is 0.408 e. The molecule has 1 atom stereocenters. The van der Waals surface area contributed by atoms with E-state index in [1.807, 2.05) is 48.5 Å². The van der Waals surface area contributed by atoms with Gasteiger partial charge in [0.15, 0.2) is 0 Å². The monoisotopic (exact) mass is 620 g/mol. The summed E-state index contributed by atoms with van der Waals surface area (Å²) in [5.74, 6) is -1.24. The van der Waals surface area contributed by atoms with Crippen molar-refractivity contribution in [2.75, 3.05) is 11.9 Å². The second kappa shape index (κ2) is 15.0. The number of benzene rings is 4. The lowest BCUT2D eigenvalue weighted by molar-refractivity contribution is -0.139. The van der Waals surface area contributed by atoms with E-state index in [1.165, 1.54) is 0 Å². The molecule has 0 spiro atoms. The number of hydrogen-bond donors (Lipinski definition) is 5. The highest BCUT2D eigenvalue weighted by Crippen LogP contribution is 2.16. The quantitative estimate of drug-likeness (QED) is 0.132. The number of amides is 4. The van der Waals surface area contributed by atoms with Gasteiger partial charge >= 0.3 is 18.1 Å². The topological polar surface area (TPSA) is 166 Å². The molecule has 5 aromatic rings. The Morgan fingerprint density at radius 3 is 2.17 bits per heavy atom. The average Bonchev–Trinajstić information content (AvgIpc) is 3.49. The zero-order chi connectivity index (χ0) is 32.3. The predicted molar refractivity (Wildman–Crippen MR) is 171 cm³/mol. The fraction of sp³-hybridized carbons (Fsp3) is 0.147. The Morgan fingerprint density at radius 1 is 0.804 bits per heavy atom. The number of para-hydroxylation sites is 3. The highest BCUT2D eigenvalue weighted by molar-refractivity contribution is 5.94. The second-order valence-electron chi connectivity index (χ2n) is 10.4. The Kier molecular flexibility index (Phi) is 10.2. The first-order valence-electron chi connectivity index (χ1n) is 14.5. The van der Waals surface area contributed by atoms with Crippen LogP contribution in [0.4, 0.5) is 15.3 Å². The lowest BCUT2D eigenvalue weighted by Crippen LogP contribution is -2.48. The van der Waals surface area contributed by atoms with Crippen molar-refractivity contribution in [1.82, 2.24) is 25.5 Å². The van der Waals surface area contributed by atoms with E-state index in [1.54, 1.807) is 65.6 Å². The van der Waals surface area contributed by atoms with Gasteiger partial charge in [-0.1, -0.05) is 72.8 Å². The molecule has 0 aliphatic carbocycles. The number of carboxylic acids is 1. The summed E-state index contributed by atoms with van der Waals surface area (Å²) in [5, 5.41) is 17.2. The minimum Gasteiger partial charge on any atom is -0.480 e. The standard InChI is InChI=1S/C34H32N6O6/c41-31(35-19-29(32(42)43)39-34(45)46-22-24-9-3-1-4-10-24)25-17-15-23(16-18-25)20-40(33(44)36-26-11-5-2-6-12-26)21-30-37-27-13-7-8-14-28(27)38-30/h1-18,29H,19-22H2,(H,35,41)(H,36,44)(H,37,38)(H,39,45)(H,42,43)/t29-/m0/s1. The molecule has 1 heterocycles. The molecule has 0 saturated heterocycles. The summed E-state index contributed by atoms with van der Waals surface area (Å²) in [6.07, 6.45) is -0.918. The molecule has 0 bridgehead atoms. The largest absolute Gasteiger partial charge is 0.480 e. The number of imidazole rings is 1. The fourth-order valence-corrected chi connectivity index (χ4v) is 4.57. The molecular formula is C34H32N6O6. The molecule has 0 unspecified atom stereocenters. The number of urea groups is 1. The van der Waals surface area contributed by atoms with Gasteiger partial charge in [-0.2, -0.15) is 0 Å². The van der Waals surface area contributed by atoms with Crippen molar-refractivity contribution in [3.8, 4) is 0 Å². The maximum atomic E-state index is 13.3. The van der Waals surface area contributed by atoms with E-state index < -0.39 is 24.0 Å². The second-order valence-corrected chi connectivity index (χ2v) is 10.4. The van der Waals surface area contributed by atoms with Crippen molar-refractivity contribution in [2.45, 2.75) is 25.7 Å². The van der Waals surface area contributed by atoms with Gasteiger partial charge in [0.25, 0.3) is 5.91 Å². The van der Waals surface area contributed by atoms with E-state index in [4.69, 9.17) is 4.74 Å². The summed E-state index contributed by atoms with van der Waals surface area (Å²) < 4.78 is 5.08. The molecule has 0 fully saturated rings. The third-order valence-corrected chi connectivity index (χ3v) is 6.95. The van der Waals surface area contributed by atoms with Crippen LogP contribution in [-0.4, -0.2) is 56.6 Å². The van der Waals surface area contributed by atoms with Crippen LogP contribution < -0.4 is 16.0 Å². The maximum absolute atomic E-state index is 13.3. The van der Waals surface area contributed by atoms with Crippen LogP contribution in [0, 0.1) is 0 Å². The Morgan fingerprint density at radius 2 is 1.48 bits per heavy atom. The van der Waals surface area contributed by atoms with Crippen LogP contribution in [0.25, 0.3) is 11.0 Å². The Bertz CT molecular complexity index is 1760. The van der Waals surface area contributed by atoms with E-state index in [-0.39, 0.29) is 37.8 Å². The molecule has 1 aromatic heterocycles. The number of fused-ring (bicyclic) bond motifs is 1. The van der Waals surface area contributed by atoms with Crippen molar-refractivity contribution >= 4 is 40.7 Å². The lowest BCUT2D eigenvalue weighted by atomic mass is 10.1. The van der Waals surface area contributed by atoms with Gasteiger partial charge in [0, 0.05) is 24.3 Å². The third kappa shape index (κ3) is 8.69. The van der Waals surface area contributed by atoms with Crippen molar-refractivity contribution in [1.29, 1.82) is 0 Å². The molecule has 0 aliphatic rings. The Balaban J connectivity index is 1.19. The number of carbonyl (C=O) groups is 4. The van der Waals surface area contributed by atoms with Crippen LogP contribution in [0.3, 0.4) is 0 Å². The number of ether oxygens (including phenoxy) is 1. The molecule has 4 amide bonds. The summed E-state index contributed by atoms with van der Waals surface area (Å²) >= 11 is 0. The molecule has 234 valence electrons. The van der Waals surface area contributed by atoms with E-state index >= 15 is 0 Å². The summed E-state index contributed by atoms with van der Waals surface area (Å²) in [4.78, 5) is 59.4. The number of nitrogens with zero attached hydrogens (tertiary/aromatic N) is 2. The molecule has 12 nitrogen and oxygen atoms in total. The molecular weight excluding hydrogens is 588 g/mol. The van der Waals surface area contributed by atoms with Gasteiger partial charge in [-0.05, 0) is 47.5 Å². The first-order chi connectivity index (χ1) is 22.3. The molecule has 0 radical (unpaired) electrons. The number of carboxylic acid groups (broad SMARTS) is 1. The van der Waals surface area contributed by atoms with Gasteiger partial charge in [-0.25, -0.2) is 19.4 Å². The van der Waals surface area contributed by atoms with Crippen LogP contribution in [-0.2, 0) is 29.2 Å². The van der Waals surface area contributed by atoms with Gasteiger partial charge in [-0.15, -0.1) is 0 Å². The van der Waals surface area contributed by atoms with Crippen molar-refractivity contribution < 1.29 is 29.0 Å². The zero-order valence-electron chi connectivity index (χ0n) is 24.7. The van der Waals surface area contributed by atoms with Crippen molar-refractivity contribution in [3.63, 3.8) is 0 Å². The van der Waals surface area contributed by atoms with Crippen LogP contribution >= 0.6 is 0 Å². The number of aliphatic carboxylic acids is 1. The van der Waals surface area contributed by atoms with E-state index in [0.717, 1.165) is 22.2 Å². The number of anilines is 1. The van der Waals surface area contributed by atoms with Gasteiger partial charge in [0.1, 0.15) is 18.5 Å². The van der Waals surface area contributed by atoms with E-state index in [9.17, 15) is 24.3 Å². The number of alkyl carbamates (subject to hydrolysis) is 1. The van der Waals surface area contributed by atoms with Gasteiger partial charge < -0.3 is 35.7 Å². The van der Waals surface area contributed by atoms with Crippen molar-refractivity contribution in [3.05, 3.63) is 132 Å². The molecule has 46 heavy (non-hydrogen) atoms. The molecule has 0 aliphatic heterocycles. The summed E-state index contributed by atoms with van der Waals surface area (Å²) in [5.41, 5.74) is 4.07. The van der Waals surface area contributed by atoms with E-state index in [0.29, 0.717) is 11.5 Å². The number of carbonyl (C=O) groups excluding carboxylic acids is 3. The van der Waals surface area contributed by atoms with Crippen LogP contribution in [0.5, 0.6) is 0 Å². The molecule has 12 heteroatoms. The number of hydrogen-bond acceptors (Lipinski definition) is 6. The number of H-pyrrole nitrogens is 1. The number of nitrogens with one attached hydrogen (secondary N) is 4. The number of rotatable bonds is 12. The van der Waals surface area contributed by atoms with Crippen LogP contribution in [0.1, 0.15) is 27.3 Å². The Hall–Kier alpha value is -6.17. The van der Waals surface area contributed by atoms with Gasteiger partial charge in [0.2, 0.25) is 0 Å². The van der Waals surface area contributed by atoms with Gasteiger partial charge in [-0.3, -0.25) is 4.79 Å². The Labute approximate surface area is 264 Å². The molecule has 5 rings (SSSR count). The first kappa shape index (κ1) is 31.3. The first-order valence-corrected chi connectivity index (χ1v) is 14.5. The minimum atomic E-state index is -1.40. The van der Waals surface area contributed by atoms with Crippen molar-refractivity contribution in [2.24, 2.45) is 0 Å². The predicted octanol–water partition coefficient (Wildman–Crippen LogP) is 4.91. The summed E-state index contributed by atoms with van der Waals surface area (Å²) in [6.45, 7) is 0.0310. The minimum absolute atomic E-state index is 0.0264. The van der Waals surface area contributed by atoms with Crippen LogP contribution in [0.15, 0.2) is 109 Å². The van der Waals surface area contributed by atoms with E-state index in [2.05, 4.69) is 25.9 Å². The summed E-state index contributed by atoms with van der Waals surface area (Å²) in [6, 6.07) is 30.5. The zero-order valence-corrected chi connectivity index (χ0v) is 24.7. The fourth-order valence-electron chi connectivity index (χ4n) is 4.57.